The van der Waals surface area contributed by atoms with Crippen LogP contribution in [0.3, 0.4) is 0 Å². The summed E-state index contributed by atoms with van der Waals surface area (Å²) in [6.07, 6.45) is 8.85. The first-order chi connectivity index (χ1) is 11.7. The second kappa shape index (κ2) is 6.04. The number of aromatic amines is 1. The molecule has 2 heterocycles. The molecule has 2 aliphatic rings. The van der Waals surface area contributed by atoms with Crippen molar-refractivity contribution in [2.45, 2.75) is 44.9 Å². The van der Waals surface area contributed by atoms with Crippen molar-refractivity contribution in [2.24, 2.45) is 5.41 Å². The highest BCUT2D eigenvalue weighted by Crippen LogP contribution is 2.44. The molecule has 1 aromatic heterocycles. The molecule has 24 heavy (non-hydrogen) atoms. The molecule has 126 valence electrons. The largest absolute Gasteiger partial charge is 0.337 e. The first kappa shape index (κ1) is 15.4. The van der Waals surface area contributed by atoms with Gasteiger partial charge in [-0.05, 0) is 37.2 Å². The lowest BCUT2D eigenvalue weighted by Gasteiger charge is -2.44. The maximum absolute atomic E-state index is 12.9. The molecule has 2 fully saturated rings. The van der Waals surface area contributed by atoms with Crippen LogP contribution in [0.4, 0.5) is 0 Å². The lowest BCUT2D eigenvalue weighted by Crippen LogP contribution is -2.44. The van der Waals surface area contributed by atoms with E-state index in [2.05, 4.69) is 10.2 Å². The Morgan fingerprint density at radius 3 is 2.38 bits per heavy atom. The summed E-state index contributed by atoms with van der Waals surface area (Å²) < 4.78 is 0. The second-order valence-corrected chi connectivity index (χ2v) is 7.30. The maximum Gasteiger partial charge on any atom is 0.274 e. The van der Waals surface area contributed by atoms with Gasteiger partial charge >= 0.3 is 0 Å². The van der Waals surface area contributed by atoms with Gasteiger partial charge in [0.2, 0.25) is 0 Å². The summed E-state index contributed by atoms with van der Waals surface area (Å²) >= 11 is 0. The predicted octanol–water partition coefficient (Wildman–Crippen LogP) is 3.11. The van der Waals surface area contributed by atoms with E-state index in [1.54, 1.807) is 18.2 Å². The normalized spacial score (nSPS) is 20.4. The van der Waals surface area contributed by atoms with Crippen molar-refractivity contribution < 1.29 is 4.79 Å². The molecule has 1 amide bonds. The molecule has 1 spiro atoms. The zero-order valence-electron chi connectivity index (χ0n) is 13.9. The number of H-pyrrole nitrogens is 1. The highest BCUT2D eigenvalue weighted by atomic mass is 16.2. The van der Waals surface area contributed by atoms with Gasteiger partial charge in [0.1, 0.15) is 0 Å². The molecule has 0 radical (unpaired) electrons. The first-order valence-corrected chi connectivity index (χ1v) is 8.95. The fourth-order valence-electron chi connectivity index (χ4n) is 4.41. The number of rotatable bonds is 1. The third-order valence-electron chi connectivity index (χ3n) is 5.92. The van der Waals surface area contributed by atoms with Gasteiger partial charge in [0.15, 0.2) is 5.69 Å². The Kier molecular flexibility index (Phi) is 3.87. The van der Waals surface area contributed by atoms with Crippen LogP contribution in [0.2, 0.25) is 0 Å². The van der Waals surface area contributed by atoms with Crippen LogP contribution in [0.1, 0.15) is 55.4 Å². The fraction of sp³-hybridized carbons (Fsp3) is 0.526. The number of nitrogens with zero attached hydrogens (tertiary/aromatic N) is 2. The molecule has 0 atom stereocenters. The van der Waals surface area contributed by atoms with Crippen LogP contribution in [0.25, 0.3) is 10.8 Å². The van der Waals surface area contributed by atoms with Crippen LogP contribution in [-0.2, 0) is 0 Å². The lowest BCUT2D eigenvalue weighted by molar-refractivity contribution is 0.0468. The Morgan fingerprint density at radius 1 is 1.00 bits per heavy atom. The number of hydrogen-bond donors (Lipinski definition) is 1. The van der Waals surface area contributed by atoms with Gasteiger partial charge in [-0.3, -0.25) is 9.59 Å². The number of amides is 1. The molecule has 5 heteroatoms. The topological polar surface area (TPSA) is 66.1 Å². The number of hydrogen-bond acceptors (Lipinski definition) is 3. The molecule has 2 aromatic rings. The SMILES string of the molecule is O=C(c1n[nH]c(=O)c2ccccc12)N1CCC2(CCCCC2)CC1. The molecule has 4 rings (SSSR count). The van der Waals surface area contributed by atoms with Crippen molar-refractivity contribution in [1.82, 2.24) is 15.1 Å². The number of carbonyl (C=O) groups is 1. The molecule has 1 N–H and O–H groups in total. The summed E-state index contributed by atoms with van der Waals surface area (Å²) in [6, 6.07) is 7.18. The van der Waals surface area contributed by atoms with E-state index in [-0.39, 0.29) is 11.5 Å². The Labute approximate surface area is 141 Å². The maximum atomic E-state index is 12.9. The predicted molar refractivity (Wildman–Crippen MR) is 93.0 cm³/mol. The van der Waals surface area contributed by atoms with Crippen molar-refractivity contribution in [3.63, 3.8) is 0 Å². The fourth-order valence-corrected chi connectivity index (χ4v) is 4.41. The van der Waals surface area contributed by atoms with Crippen molar-refractivity contribution in [1.29, 1.82) is 0 Å². The molecular formula is C19H23N3O2. The second-order valence-electron chi connectivity index (χ2n) is 7.30. The minimum absolute atomic E-state index is 0.0619. The quantitative estimate of drug-likeness (QED) is 0.876. The van der Waals surface area contributed by atoms with Crippen LogP contribution >= 0.6 is 0 Å². The highest BCUT2D eigenvalue weighted by Gasteiger charge is 2.37. The molecule has 1 aliphatic carbocycles. The number of carbonyl (C=O) groups excluding carboxylic acids is 1. The Morgan fingerprint density at radius 2 is 1.67 bits per heavy atom. The van der Waals surface area contributed by atoms with Gasteiger partial charge in [-0.2, -0.15) is 5.10 Å². The summed E-state index contributed by atoms with van der Waals surface area (Å²) in [5.74, 6) is -0.0619. The summed E-state index contributed by atoms with van der Waals surface area (Å²) in [5.41, 5.74) is 0.585. The zero-order chi connectivity index (χ0) is 16.6. The van der Waals surface area contributed by atoms with Gasteiger partial charge in [-0.25, -0.2) is 5.10 Å². The average molecular weight is 325 g/mol. The van der Waals surface area contributed by atoms with Crippen molar-refractivity contribution >= 4 is 16.7 Å². The lowest BCUT2D eigenvalue weighted by atomic mass is 9.68. The van der Waals surface area contributed by atoms with E-state index < -0.39 is 0 Å². The zero-order valence-corrected chi connectivity index (χ0v) is 13.9. The third-order valence-corrected chi connectivity index (χ3v) is 5.92. The number of piperidine rings is 1. The number of benzene rings is 1. The Balaban J connectivity index is 1.57. The van der Waals surface area contributed by atoms with Crippen LogP contribution in [0, 0.1) is 5.41 Å². The molecule has 0 unspecified atom stereocenters. The summed E-state index contributed by atoms with van der Waals surface area (Å²) in [5, 5.41) is 7.69. The van der Waals surface area contributed by atoms with Crippen LogP contribution < -0.4 is 5.56 Å². The molecule has 0 bridgehead atoms. The van der Waals surface area contributed by atoms with Crippen molar-refractivity contribution in [3.8, 4) is 0 Å². The molecule has 1 aliphatic heterocycles. The van der Waals surface area contributed by atoms with Crippen molar-refractivity contribution in [3.05, 3.63) is 40.3 Å². The van der Waals surface area contributed by atoms with E-state index in [0.29, 0.717) is 21.9 Å². The molecule has 5 nitrogen and oxygen atoms in total. The van der Waals surface area contributed by atoms with E-state index in [1.807, 2.05) is 11.0 Å². The Hall–Kier alpha value is -2.17. The minimum Gasteiger partial charge on any atom is -0.337 e. The average Bonchev–Trinajstić information content (AvgIpc) is 2.63. The Bertz CT molecular complexity index is 811. The summed E-state index contributed by atoms with van der Waals surface area (Å²) in [7, 11) is 0. The van der Waals surface area contributed by atoms with E-state index in [1.165, 1.54) is 32.1 Å². The molecular weight excluding hydrogens is 302 g/mol. The van der Waals surface area contributed by atoms with Crippen LogP contribution in [0.15, 0.2) is 29.1 Å². The molecule has 1 saturated carbocycles. The number of nitrogens with one attached hydrogen (secondary N) is 1. The number of fused-ring (bicyclic) bond motifs is 1. The van der Waals surface area contributed by atoms with Gasteiger partial charge < -0.3 is 4.90 Å². The smallest absolute Gasteiger partial charge is 0.274 e. The van der Waals surface area contributed by atoms with Gasteiger partial charge in [-0.1, -0.05) is 37.5 Å². The first-order valence-electron chi connectivity index (χ1n) is 8.95. The van der Waals surface area contributed by atoms with Gasteiger partial charge in [0.25, 0.3) is 11.5 Å². The highest BCUT2D eigenvalue weighted by molar-refractivity contribution is 6.04. The van der Waals surface area contributed by atoms with Gasteiger partial charge in [0.05, 0.1) is 5.39 Å². The number of likely N-dealkylation sites (tertiary alicyclic amines) is 1. The van der Waals surface area contributed by atoms with E-state index in [0.717, 1.165) is 25.9 Å². The van der Waals surface area contributed by atoms with Gasteiger partial charge in [0, 0.05) is 18.5 Å². The van der Waals surface area contributed by atoms with E-state index in [4.69, 9.17) is 0 Å². The third kappa shape index (κ3) is 2.62. The van der Waals surface area contributed by atoms with Crippen molar-refractivity contribution in [2.75, 3.05) is 13.1 Å². The van der Waals surface area contributed by atoms with Crippen LogP contribution in [-0.4, -0.2) is 34.1 Å². The minimum atomic E-state index is -0.248. The monoisotopic (exact) mass is 325 g/mol. The van der Waals surface area contributed by atoms with E-state index >= 15 is 0 Å². The van der Waals surface area contributed by atoms with Crippen LogP contribution in [0.5, 0.6) is 0 Å². The summed E-state index contributed by atoms with van der Waals surface area (Å²) in [6.45, 7) is 1.60. The molecule has 1 saturated heterocycles. The molecule has 1 aromatic carbocycles. The number of aromatic nitrogens is 2. The van der Waals surface area contributed by atoms with Gasteiger partial charge in [-0.15, -0.1) is 0 Å². The summed E-state index contributed by atoms with van der Waals surface area (Å²) in [4.78, 5) is 26.7. The van der Waals surface area contributed by atoms with E-state index in [9.17, 15) is 9.59 Å². The standard InChI is InChI=1S/C19H23N3O2/c23-17-15-7-3-2-6-14(15)16(20-21-17)18(24)22-12-10-19(11-13-22)8-4-1-5-9-19/h2-3,6-7H,1,4-5,8-13H2,(H,21,23).